The van der Waals surface area contributed by atoms with Gasteiger partial charge in [-0.25, -0.2) is 0 Å². The van der Waals surface area contributed by atoms with Crippen LogP contribution in [0.2, 0.25) is 0 Å². The van der Waals surface area contributed by atoms with E-state index < -0.39 is 0 Å². The van der Waals surface area contributed by atoms with Crippen LogP contribution >= 0.6 is 11.3 Å². The molecule has 0 atom stereocenters. The average Bonchev–Trinajstić information content (AvgIpc) is 4.17. The summed E-state index contributed by atoms with van der Waals surface area (Å²) in [4.78, 5) is 2.49. The molecule has 9 aromatic carbocycles. The Labute approximate surface area is 395 Å². The number of anilines is 3. The van der Waals surface area contributed by atoms with Crippen molar-refractivity contribution in [2.24, 2.45) is 0 Å². The molecule has 0 amide bonds. The van der Waals surface area contributed by atoms with Crippen LogP contribution in [-0.4, -0.2) is 11.5 Å². The van der Waals surface area contributed by atoms with Gasteiger partial charge < -0.3 is 4.65 Å². The summed E-state index contributed by atoms with van der Waals surface area (Å²) in [6.07, 6.45) is 0. The zero-order valence-corrected chi connectivity index (χ0v) is 38.2. The van der Waals surface area contributed by atoms with Gasteiger partial charge in [0.2, 0.25) is 0 Å². The van der Waals surface area contributed by atoms with Gasteiger partial charge in [-0.3, -0.25) is 9.47 Å². The van der Waals surface area contributed by atoms with Crippen LogP contribution in [0.25, 0.3) is 70.5 Å². The summed E-state index contributed by atoms with van der Waals surface area (Å²) in [6.45, 7) is 5.19. The van der Waals surface area contributed by atoms with E-state index in [1.54, 1.807) is 0 Å². The van der Waals surface area contributed by atoms with Crippen molar-refractivity contribution in [1.29, 1.82) is 0 Å². The number of rotatable bonds is 8. The molecule has 13 rings (SSSR count). The second-order valence-electron chi connectivity index (χ2n) is 18.4. The van der Waals surface area contributed by atoms with Crippen molar-refractivity contribution < 1.29 is 4.65 Å². The summed E-state index contributed by atoms with van der Waals surface area (Å²) in [7, 11) is 0. The number of aromatic nitrogens is 1. The minimum atomic E-state index is -0.265. The second-order valence-corrected chi connectivity index (χ2v) is 19.5. The summed E-state index contributed by atoms with van der Waals surface area (Å²) >= 11 is 1.86. The maximum absolute atomic E-state index is 6.71. The predicted molar refractivity (Wildman–Crippen MR) is 283 cm³/mol. The molecule has 0 saturated heterocycles. The van der Waals surface area contributed by atoms with Gasteiger partial charge in [-0.15, -0.1) is 11.3 Å². The first kappa shape index (κ1) is 39.7. The summed E-state index contributed by atoms with van der Waals surface area (Å²) in [5.74, 6) is 1.05. The van der Waals surface area contributed by atoms with Gasteiger partial charge in [-0.2, -0.15) is 0 Å². The molecule has 11 aromatic rings. The number of para-hydroxylation sites is 1. The molecule has 5 heteroatoms. The lowest BCUT2D eigenvalue weighted by molar-refractivity contribution is 0.337. The lowest BCUT2D eigenvalue weighted by Gasteiger charge is -2.31. The maximum Gasteiger partial charge on any atom is 0.362 e. The SMILES string of the molecule is CC1(C)c2ccccc2-c2c(-c3cccc4c3B(c3ccccc3)OC4)cc(N(c3ccc(-c4ccccc4)cc3)c3ccc(-c4ccc5c(c4)sc4ccccc45)n3-c3ccccc3)cc21. The van der Waals surface area contributed by atoms with Crippen molar-refractivity contribution >= 4 is 66.5 Å². The van der Waals surface area contributed by atoms with Gasteiger partial charge in [0.25, 0.3) is 0 Å². The number of thiophene rings is 1. The molecule has 2 aliphatic rings. The Kier molecular flexibility index (Phi) is 9.31. The topological polar surface area (TPSA) is 17.4 Å². The highest BCUT2D eigenvalue weighted by Gasteiger charge is 2.40. The van der Waals surface area contributed by atoms with Crippen LogP contribution in [-0.2, 0) is 16.7 Å². The molecule has 3 heterocycles. The number of fused-ring (bicyclic) bond motifs is 7. The van der Waals surface area contributed by atoms with E-state index in [1.165, 1.54) is 86.7 Å². The van der Waals surface area contributed by atoms with Gasteiger partial charge in [0, 0.05) is 48.2 Å². The van der Waals surface area contributed by atoms with Crippen LogP contribution in [0.1, 0.15) is 30.5 Å². The van der Waals surface area contributed by atoms with E-state index in [2.05, 4.69) is 248 Å². The van der Waals surface area contributed by atoms with Crippen molar-refractivity contribution in [3.8, 4) is 50.3 Å². The molecule has 0 radical (unpaired) electrons. The fourth-order valence-corrected chi connectivity index (χ4v) is 12.1. The minimum absolute atomic E-state index is 0.172. The third kappa shape index (κ3) is 6.45. The molecule has 2 aromatic heterocycles. The van der Waals surface area contributed by atoms with E-state index in [-0.39, 0.29) is 12.3 Å². The Morgan fingerprint density at radius 3 is 2.00 bits per heavy atom. The fourth-order valence-electron chi connectivity index (χ4n) is 11.0. The Bertz CT molecular complexity index is 3670. The lowest BCUT2D eigenvalue weighted by Crippen LogP contribution is -2.42. The summed E-state index contributed by atoms with van der Waals surface area (Å²) in [5.41, 5.74) is 19.0. The van der Waals surface area contributed by atoms with Crippen molar-refractivity contribution in [3.63, 3.8) is 0 Å². The Morgan fingerprint density at radius 2 is 1.18 bits per heavy atom. The van der Waals surface area contributed by atoms with E-state index in [0.29, 0.717) is 6.61 Å². The molecule has 0 spiro atoms. The normalized spacial score (nSPS) is 13.5. The highest BCUT2D eigenvalue weighted by molar-refractivity contribution is 7.25. The number of benzene rings is 9. The molecule has 0 unspecified atom stereocenters. The summed E-state index contributed by atoms with van der Waals surface area (Å²) in [6, 6.07) is 82.5. The maximum atomic E-state index is 6.71. The van der Waals surface area contributed by atoms with Crippen LogP contribution < -0.4 is 15.8 Å². The van der Waals surface area contributed by atoms with E-state index in [1.807, 2.05) is 11.3 Å². The van der Waals surface area contributed by atoms with Gasteiger partial charge in [-0.1, -0.05) is 178 Å². The Morgan fingerprint density at radius 1 is 0.507 bits per heavy atom. The Hall–Kier alpha value is -7.70. The van der Waals surface area contributed by atoms with Gasteiger partial charge in [0.1, 0.15) is 5.82 Å². The summed E-state index contributed by atoms with van der Waals surface area (Å²) < 4.78 is 11.7. The van der Waals surface area contributed by atoms with E-state index in [4.69, 9.17) is 4.65 Å². The molecule has 3 nitrogen and oxygen atoms in total. The highest BCUT2D eigenvalue weighted by Crippen LogP contribution is 2.55. The molecule has 0 N–H and O–H groups in total. The van der Waals surface area contributed by atoms with Gasteiger partial charge in [0.15, 0.2) is 0 Å². The smallest absolute Gasteiger partial charge is 0.362 e. The summed E-state index contributed by atoms with van der Waals surface area (Å²) in [5, 5.41) is 2.60. The van der Waals surface area contributed by atoms with Crippen molar-refractivity contribution in [2.75, 3.05) is 4.90 Å². The number of hydrogen-bond acceptors (Lipinski definition) is 3. The van der Waals surface area contributed by atoms with Crippen molar-refractivity contribution in [1.82, 2.24) is 4.57 Å². The molecule has 0 fully saturated rings. The first-order valence-electron chi connectivity index (χ1n) is 23.2. The van der Waals surface area contributed by atoms with Gasteiger partial charge >= 0.3 is 6.92 Å². The van der Waals surface area contributed by atoms with E-state index in [0.717, 1.165) is 28.6 Å². The second kappa shape index (κ2) is 15.7. The van der Waals surface area contributed by atoms with Crippen molar-refractivity contribution in [3.05, 3.63) is 241 Å². The van der Waals surface area contributed by atoms with Crippen LogP contribution in [0.3, 0.4) is 0 Å². The van der Waals surface area contributed by atoms with Gasteiger partial charge in [-0.05, 0) is 122 Å². The predicted octanol–water partition coefficient (Wildman–Crippen LogP) is 15.3. The first-order chi connectivity index (χ1) is 33.0. The van der Waals surface area contributed by atoms with Crippen LogP contribution in [0.4, 0.5) is 17.2 Å². The third-order valence-corrected chi connectivity index (χ3v) is 15.3. The molecule has 318 valence electrons. The standard InChI is InChI=1S/C62H45BN2OS/c1-62(2)54-27-14-12-25-52(54)60-53(51-26-16-19-44-40-66-63(61(44)51)45-20-8-4-9-21-45)38-48(39-55(60)62)64(47-32-29-42(30-33-47)41-17-6-3-7-18-41)59-36-35-56(65(59)46-22-10-5-11-23-46)43-31-34-50-49-24-13-15-28-57(49)67-58(50)37-43/h3-39H,40H2,1-2H3. The molecular weight excluding hydrogens is 832 g/mol. The zero-order valence-electron chi connectivity index (χ0n) is 37.4. The molecule has 0 bridgehead atoms. The fraction of sp³-hybridized carbons (Fsp3) is 0.0645. The van der Waals surface area contributed by atoms with Gasteiger partial charge in [0.05, 0.1) is 12.3 Å². The number of nitrogens with zero attached hydrogens (tertiary/aromatic N) is 2. The largest absolute Gasteiger partial charge is 0.423 e. The van der Waals surface area contributed by atoms with E-state index >= 15 is 0 Å². The molecule has 1 aliphatic heterocycles. The minimum Gasteiger partial charge on any atom is -0.423 e. The average molecular weight is 877 g/mol. The monoisotopic (exact) mass is 876 g/mol. The lowest BCUT2D eigenvalue weighted by atomic mass is 9.54. The molecular formula is C62H45BN2OS. The Balaban J connectivity index is 1.08. The molecule has 1 aliphatic carbocycles. The van der Waals surface area contributed by atoms with Crippen LogP contribution in [0, 0.1) is 0 Å². The first-order valence-corrected chi connectivity index (χ1v) is 24.0. The van der Waals surface area contributed by atoms with Crippen LogP contribution in [0.5, 0.6) is 0 Å². The zero-order chi connectivity index (χ0) is 44.6. The number of hydrogen-bond donors (Lipinski definition) is 0. The third-order valence-electron chi connectivity index (χ3n) is 14.2. The van der Waals surface area contributed by atoms with Crippen LogP contribution in [0.15, 0.2) is 224 Å². The quantitative estimate of drug-likeness (QED) is 0.142. The van der Waals surface area contributed by atoms with Crippen molar-refractivity contribution in [2.45, 2.75) is 25.9 Å². The molecule has 67 heavy (non-hydrogen) atoms. The molecule has 0 saturated carbocycles. The van der Waals surface area contributed by atoms with E-state index in [9.17, 15) is 0 Å². The highest BCUT2D eigenvalue weighted by atomic mass is 32.1.